The Morgan fingerprint density at radius 1 is 1.00 bits per heavy atom. The highest BCUT2D eigenvalue weighted by Crippen LogP contribution is 2.18. The van der Waals surface area contributed by atoms with Crippen LogP contribution in [0.5, 0.6) is 5.75 Å². The van der Waals surface area contributed by atoms with Crippen LogP contribution in [0, 0.1) is 6.92 Å². The zero-order valence-corrected chi connectivity index (χ0v) is 14.6. The molecular formula is C21H21N3O2. The number of benzene rings is 2. The van der Waals surface area contributed by atoms with Crippen LogP contribution in [0.3, 0.4) is 0 Å². The van der Waals surface area contributed by atoms with Crippen LogP contribution in [-0.4, -0.2) is 17.5 Å². The summed E-state index contributed by atoms with van der Waals surface area (Å²) in [5, 5.41) is 6.05. The van der Waals surface area contributed by atoms with Gasteiger partial charge in [0.05, 0.1) is 24.9 Å². The standard InChI is InChI=1S/C21H21N3O2/c1-16-6-5-7-17(14-16)23-18-10-11-20(22-15-18)24-21(25)12-13-26-19-8-3-2-4-9-19/h2-11,14-15,23H,12-13H2,1H3,(H,22,24,25). The van der Waals surface area contributed by atoms with E-state index in [1.54, 1.807) is 12.3 Å². The van der Waals surface area contributed by atoms with Crippen LogP contribution in [0.4, 0.5) is 17.2 Å². The molecule has 1 amide bonds. The van der Waals surface area contributed by atoms with Crippen LogP contribution in [0.15, 0.2) is 72.9 Å². The van der Waals surface area contributed by atoms with Crippen molar-refractivity contribution in [2.75, 3.05) is 17.2 Å². The lowest BCUT2D eigenvalue weighted by molar-refractivity contribution is -0.116. The van der Waals surface area contributed by atoms with Crippen molar-refractivity contribution in [2.24, 2.45) is 0 Å². The van der Waals surface area contributed by atoms with Gasteiger partial charge in [0, 0.05) is 5.69 Å². The largest absolute Gasteiger partial charge is 0.493 e. The van der Waals surface area contributed by atoms with Gasteiger partial charge in [0.15, 0.2) is 0 Å². The van der Waals surface area contributed by atoms with Gasteiger partial charge in [0.25, 0.3) is 0 Å². The maximum atomic E-state index is 12.0. The highest BCUT2D eigenvalue weighted by atomic mass is 16.5. The number of anilines is 3. The molecule has 2 N–H and O–H groups in total. The van der Waals surface area contributed by atoms with E-state index in [0.717, 1.165) is 17.1 Å². The predicted octanol–water partition coefficient (Wildman–Crippen LogP) is 4.54. The fourth-order valence-electron chi connectivity index (χ4n) is 2.41. The van der Waals surface area contributed by atoms with Crippen molar-refractivity contribution in [3.8, 4) is 5.75 Å². The smallest absolute Gasteiger partial charge is 0.228 e. The maximum absolute atomic E-state index is 12.0. The van der Waals surface area contributed by atoms with E-state index < -0.39 is 0 Å². The third-order valence-corrected chi connectivity index (χ3v) is 3.68. The van der Waals surface area contributed by atoms with Gasteiger partial charge in [-0.2, -0.15) is 0 Å². The molecule has 0 spiro atoms. The Kier molecular flexibility index (Phi) is 5.83. The summed E-state index contributed by atoms with van der Waals surface area (Å²) in [6.07, 6.45) is 1.96. The molecule has 0 bridgehead atoms. The molecule has 5 heteroatoms. The summed E-state index contributed by atoms with van der Waals surface area (Å²) in [6, 6.07) is 21.2. The fourth-order valence-corrected chi connectivity index (χ4v) is 2.41. The SMILES string of the molecule is Cc1cccc(Nc2ccc(NC(=O)CCOc3ccccc3)nc2)c1. The normalized spacial score (nSPS) is 10.2. The van der Waals surface area contributed by atoms with Crippen molar-refractivity contribution < 1.29 is 9.53 Å². The molecule has 3 aromatic rings. The number of amides is 1. The molecular weight excluding hydrogens is 326 g/mol. The van der Waals surface area contributed by atoms with Crippen molar-refractivity contribution >= 4 is 23.1 Å². The number of ether oxygens (including phenoxy) is 1. The summed E-state index contributed by atoms with van der Waals surface area (Å²) < 4.78 is 5.52. The molecule has 0 fully saturated rings. The lowest BCUT2D eigenvalue weighted by atomic mass is 10.2. The lowest BCUT2D eigenvalue weighted by Crippen LogP contribution is -2.15. The van der Waals surface area contributed by atoms with E-state index in [9.17, 15) is 4.79 Å². The minimum absolute atomic E-state index is 0.132. The molecule has 1 heterocycles. The quantitative estimate of drug-likeness (QED) is 0.658. The lowest BCUT2D eigenvalue weighted by Gasteiger charge is -2.09. The average Bonchev–Trinajstić information content (AvgIpc) is 2.64. The van der Waals surface area contributed by atoms with Crippen LogP contribution in [-0.2, 0) is 4.79 Å². The fraction of sp³-hybridized carbons (Fsp3) is 0.143. The first-order valence-electron chi connectivity index (χ1n) is 8.46. The molecule has 0 saturated heterocycles. The number of hydrogen-bond donors (Lipinski definition) is 2. The van der Waals surface area contributed by atoms with Gasteiger partial charge >= 0.3 is 0 Å². The van der Waals surface area contributed by atoms with E-state index in [1.807, 2.05) is 61.5 Å². The van der Waals surface area contributed by atoms with Gasteiger partial charge in [-0.15, -0.1) is 0 Å². The molecule has 132 valence electrons. The summed E-state index contributed by atoms with van der Waals surface area (Å²) in [5.41, 5.74) is 3.05. The Balaban J connectivity index is 1.46. The Hall–Kier alpha value is -3.34. The highest BCUT2D eigenvalue weighted by Gasteiger charge is 2.04. The Morgan fingerprint density at radius 2 is 1.85 bits per heavy atom. The number of hydrogen-bond acceptors (Lipinski definition) is 4. The number of nitrogens with one attached hydrogen (secondary N) is 2. The summed E-state index contributed by atoms with van der Waals surface area (Å²) >= 11 is 0. The van der Waals surface area contributed by atoms with Gasteiger partial charge < -0.3 is 15.4 Å². The molecule has 0 aliphatic heterocycles. The van der Waals surface area contributed by atoms with Crippen molar-refractivity contribution in [1.82, 2.24) is 4.98 Å². The van der Waals surface area contributed by atoms with Gasteiger partial charge in [-0.3, -0.25) is 4.79 Å². The maximum Gasteiger partial charge on any atom is 0.228 e. The molecule has 0 atom stereocenters. The van der Waals surface area contributed by atoms with Crippen LogP contribution >= 0.6 is 0 Å². The minimum Gasteiger partial charge on any atom is -0.493 e. The molecule has 1 aromatic heterocycles. The number of para-hydroxylation sites is 1. The second-order valence-electron chi connectivity index (χ2n) is 5.89. The van der Waals surface area contributed by atoms with Gasteiger partial charge in [-0.1, -0.05) is 30.3 Å². The molecule has 0 radical (unpaired) electrons. The first-order valence-corrected chi connectivity index (χ1v) is 8.46. The van der Waals surface area contributed by atoms with Gasteiger partial charge in [0.2, 0.25) is 5.91 Å². The summed E-state index contributed by atoms with van der Waals surface area (Å²) in [4.78, 5) is 16.2. The van der Waals surface area contributed by atoms with E-state index in [4.69, 9.17) is 4.74 Å². The minimum atomic E-state index is -0.132. The molecule has 0 unspecified atom stereocenters. The molecule has 0 aliphatic carbocycles. The molecule has 0 saturated carbocycles. The Labute approximate surface area is 153 Å². The molecule has 3 rings (SSSR count). The second-order valence-corrected chi connectivity index (χ2v) is 5.89. The first-order chi connectivity index (χ1) is 12.7. The number of rotatable bonds is 7. The molecule has 0 aliphatic rings. The van der Waals surface area contributed by atoms with E-state index >= 15 is 0 Å². The van der Waals surface area contributed by atoms with Crippen molar-refractivity contribution in [2.45, 2.75) is 13.3 Å². The number of pyridine rings is 1. The Morgan fingerprint density at radius 3 is 2.58 bits per heavy atom. The summed E-state index contributed by atoms with van der Waals surface area (Å²) in [5.74, 6) is 1.14. The molecule has 26 heavy (non-hydrogen) atoms. The van der Waals surface area contributed by atoms with E-state index in [2.05, 4.69) is 21.7 Å². The number of nitrogens with zero attached hydrogens (tertiary/aromatic N) is 1. The average molecular weight is 347 g/mol. The Bertz CT molecular complexity index is 849. The first kappa shape index (κ1) is 17.5. The van der Waals surface area contributed by atoms with Gasteiger partial charge in [0.1, 0.15) is 11.6 Å². The monoisotopic (exact) mass is 347 g/mol. The van der Waals surface area contributed by atoms with Crippen LogP contribution < -0.4 is 15.4 Å². The van der Waals surface area contributed by atoms with Gasteiger partial charge in [-0.25, -0.2) is 4.98 Å². The topological polar surface area (TPSA) is 63.2 Å². The number of aromatic nitrogens is 1. The third kappa shape index (κ3) is 5.34. The van der Waals surface area contributed by atoms with E-state index in [0.29, 0.717) is 12.4 Å². The van der Waals surface area contributed by atoms with Crippen LogP contribution in [0.25, 0.3) is 0 Å². The summed E-state index contributed by atoms with van der Waals surface area (Å²) in [6.45, 7) is 2.37. The zero-order valence-electron chi connectivity index (χ0n) is 14.6. The predicted molar refractivity (Wildman–Crippen MR) is 104 cm³/mol. The third-order valence-electron chi connectivity index (χ3n) is 3.68. The van der Waals surface area contributed by atoms with Gasteiger partial charge in [-0.05, 0) is 48.9 Å². The van der Waals surface area contributed by atoms with Crippen LogP contribution in [0.2, 0.25) is 0 Å². The van der Waals surface area contributed by atoms with E-state index in [-0.39, 0.29) is 12.3 Å². The molecule has 2 aromatic carbocycles. The van der Waals surface area contributed by atoms with E-state index in [1.165, 1.54) is 5.56 Å². The highest BCUT2D eigenvalue weighted by molar-refractivity contribution is 5.89. The van der Waals surface area contributed by atoms with Crippen molar-refractivity contribution in [3.63, 3.8) is 0 Å². The van der Waals surface area contributed by atoms with Crippen LogP contribution in [0.1, 0.15) is 12.0 Å². The van der Waals surface area contributed by atoms with Crippen molar-refractivity contribution in [1.29, 1.82) is 0 Å². The zero-order chi connectivity index (χ0) is 18.2. The number of carbonyl (C=O) groups excluding carboxylic acids is 1. The van der Waals surface area contributed by atoms with Crippen molar-refractivity contribution in [3.05, 3.63) is 78.5 Å². The summed E-state index contributed by atoms with van der Waals surface area (Å²) in [7, 11) is 0. The number of aryl methyl sites for hydroxylation is 1. The molecule has 5 nitrogen and oxygen atoms in total. The second kappa shape index (κ2) is 8.67. The number of carbonyl (C=O) groups is 1.